The fourth-order valence-corrected chi connectivity index (χ4v) is 2.49. The molecule has 0 saturated heterocycles. The number of hydrogen-bond acceptors (Lipinski definition) is 3. The summed E-state index contributed by atoms with van der Waals surface area (Å²) in [5, 5.41) is 12.4. The predicted molar refractivity (Wildman–Crippen MR) is 67.0 cm³/mol. The third-order valence-electron chi connectivity index (χ3n) is 3.38. The Labute approximate surface area is 101 Å². The average Bonchev–Trinajstić information content (AvgIpc) is 2.29. The molecule has 1 heterocycles. The van der Waals surface area contributed by atoms with Gasteiger partial charge in [0, 0.05) is 30.5 Å². The number of aromatic nitrogens is 1. The summed E-state index contributed by atoms with van der Waals surface area (Å²) in [6.45, 7) is 2.29. The van der Waals surface area contributed by atoms with E-state index >= 15 is 0 Å². The fourth-order valence-electron chi connectivity index (χ4n) is 2.49. The van der Waals surface area contributed by atoms with E-state index in [1.165, 1.54) is 5.56 Å². The molecular formula is C13H20N2O2. The highest BCUT2D eigenvalue weighted by atomic mass is 16.3. The van der Waals surface area contributed by atoms with Gasteiger partial charge in [-0.15, -0.1) is 0 Å². The SMILES string of the molecule is CC(CCO)NC1CCCc2[nH]c(=O)ccc21. The summed E-state index contributed by atoms with van der Waals surface area (Å²) in [5.74, 6) is 0. The normalized spacial score (nSPS) is 20.9. The molecule has 0 fully saturated rings. The van der Waals surface area contributed by atoms with E-state index in [4.69, 9.17) is 5.11 Å². The van der Waals surface area contributed by atoms with E-state index < -0.39 is 0 Å². The van der Waals surface area contributed by atoms with Crippen LogP contribution in [-0.2, 0) is 6.42 Å². The number of fused-ring (bicyclic) bond motifs is 1. The summed E-state index contributed by atoms with van der Waals surface area (Å²) in [4.78, 5) is 14.2. The second-order valence-electron chi connectivity index (χ2n) is 4.78. The molecule has 1 aromatic rings. The number of aliphatic hydroxyl groups excluding tert-OH is 1. The van der Waals surface area contributed by atoms with Crippen LogP contribution in [0, 0.1) is 0 Å². The Balaban J connectivity index is 2.14. The topological polar surface area (TPSA) is 65.1 Å². The van der Waals surface area contributed by atoms with Crippen LogP contribution < -0.4 is 10.9 Å². The highest BCUT2D eigenvalue weighted by Gasteiger charge is 2.21. The van der Waals surface area contributed by atoms with Gasteiger partial charge in [-0.3, -0.25) is 4.79 Å². The molecule has 1 aromatic heterocycles. The first-order valence-electron chi connectivity index (χ1n) is 6.29. The summed E-state index contributed by atoms with van der Waals surface area (Å²) < 4.78 is 0. The van der Waals surface area contributed by atoms with Crippen molar-refractivity contribution in [1.82, 2.24) is 10.3 Å². The Bertz CT molecular complexity index is 428. The van der Waals surface area contributed by atoms with E-state index in [1.54, 1.807) is 6.07 Å². The number of aromatic amines is 1. The maximum Gasteiger partial charge on any atom is 0.248 e. The van der Waals surface area contributed by atoms with Crippen LogP contribution in [0.5, 0.6) is 0 Å². The Kier molecular flexibility index (Phi) is 3.97. The van der Waals surface area contributed by atoms with Crippen LogP contribution in [0.4, 0.5) is 0 Å². The molecule has 0 radical (unpaired) electrons. The summed E-state index contributed by atoms with van der Waals surface area (Å²) in [7, 11) is 0. The van der Waals surface area contributed by atoms with Crippen LogP contribution in [0.3, 0.4) is 0 Å². The molecule has 4 heteroatoms. The fraction of sp³-hybridized carbons (Fsp3) is 0.615. The quantitative estimate of drug-likeness (QED) is 0.734. The molecule has 0 amide bonds. The third-order valence-corrected chi connectivity index (χ3v) is 3.38. The van der Waals surface area contributed by atoms with Gasteiger partial charge in [-0.2, -0.15) is 0 Å². The maximum atomic E-state index is 11.3. The van der Waals surface area contributed by atoms with Gasteiger partial charge in [0.15, 0.2) is 0 Å². The van der Waals surface area contributed by atoms with E-state index in [1.807, 2.05) is 6.07 Å². The van der Waals surface area contributed by atoms with Crippen molar-refractivity contribution >= 4 is 0 Å². The zero-order valence-electron chi connectivity index (χ0n) is 10.2. The first-order valence-corrected chi connectivity index (χ1v) is 6.29. The van der Waals surface area contributed by atoms with Crippen LogP contribution in [-0.4, -0.2) is 22.7 Å². The molecule has 2 rings (SSSR count). The maximum absolute atomic E-state index is 11.3. The van der Waals surface area contributed by atoms with Gasteiger partial charge in [0.1, 0.15) is 0 Å². The van der Waals surface area contributed by atoms with E-state index in [0.29, 0.717) is 12.1 Å². The molecular weight excluding hydrogens is 216 g/mol. The van der Waals surface area contributed by atoms with E-state index in [-0.39, 0.29) is 12.2 Å². The van der Waals surface area contributed by atoms with Crippen molar-refractivity contribution in [3.05, 3.63) is 33.7 Å². The van der Waals surface area contributed by atoms with Gasteiger partial charge >= 0.3 is 0 Å². The summed E-state index contributed by atoms with van der Waals surface area (Å²) >= 11 is 0. The van der Waals surface area contributed by atoms with Crippen LogP contribution in [0.25, 0.3) is 0 Å². The van der Waals surface area contributed by atoms with Crippen molar-refractivity contribution in [2.45, 2.75) is 44.7 Å². The van der Waals surface area contributed by atoms with E-state index in [9.17, 15) is 4.79 Å². The molecule has 2 unspecified atom stereocenters. The largest absolute Gasteiger partial charge is 0.396 e. The second-order valence-corrected chi connectivity index (χ2v) is 4.78. The number of H-pyrrole nitrogens is 1. The minimum atomic E-state index is -0.0205. The number of aryl methyl sites for hydroxylation is 1. The highest BCUT2D eigenvalue weighted by molar-refractivity contribution is 5.26. The van der Waals surface area contributed by atoms with Gasteiger partial charge in [0.05, 0.1) is 0 Å². The van der Waals surface area contributed by atoms with Crippen LogP contribution in [0.1, 0.15) is 43.5 Å². The first-order chi connectivity index (χ1) is 8.20. The number of nitrogens with one attached hydrogen (secondary N) is 2. The molecule has 17 heavy (non-hydrogen) atoms. The predicted octanol–water partition coefficient (Wildman–Crippen LogP) is 1.11. The summed E-state index contributed by atoms with van der Waals surface area (Å²) in [6.07, 6.45) is 3.90. The lowest BCUT2D eigenvalue weighted by molar-refractivity contribution is 0.260. The van der Waals surface area contributed by atoms with Crippen molar-refractivity contribution < 1.29 is 5.11 Å². The third kappa shape index (κ3) is 2.96. The average molecular weight is 236 g/mol. The molecule has 94 valence electrons. The molecule has 0 bridgehead atoms. The van der Waals surface area contributed by atoms with Crippen molar-refractivity contribution in [3.8, 4) is 0 Å². The second kappa shape index (κ2) is 5.47. The molecule has 1 aliphatic rings. The van der Waals surface area contributed by atoms with E-state index in [0.717, 1.165) is 31.4 Å². The zero-order chi connectivity index (χ0) is 12.3. The van der Waals surface area contributed by atoms with Crippen LogP contribution >= 0.6 is 0 Å². The van der Waals surface area contributed by atoms with Crippen LogP contribution in [0.2, 0.25) is 0 Å². The summed E-state index contributed by atoms with van der Waals surface area (Å²) in [5.41, 5.74) is 2.26. The van der Waals surface area contributed by atoms with Crippen molar-refractivity contribution in [2.24, 2.45) is 0 Å². The number of pyridine rings is 1. The highest BCUT2D eigenvalue weighted by Crippen LogP contribution is 2.27. The van der Waals surface area contributed by atoms with Gasteiger partial charge in [-0.05, 0) is 38.2 Å². The lowest BCUT2D eigenvalue weighted by atomic mass is 9.90. The first kappa shape index (κ1) is 12.3. The lowest BCUT2D eigenvalue weighted by Gasteiger charge is -2.28. The zero-order valence-corrected chi connectivity index (χ0v) is 10.2. The van der Waals surface area contributed by atoms with Gasteiger partial charge in [-0.25, -0.2) is 0 Å². The van der Waals surface area contributed by atoms with Crippen molar-refractivity contribution in [3.63, 3.8) is 0 Å². The number of hydrogen-bond donors (Lipinski definition) is 3. The van der Waals surface area contributed by atoms with E-state index in [2.05, 4.69) is 17.2 Å². The Morgan fingerprint density at radius 2 is 2.41 bits per heavy atom. The summed E-state index contributed by atoms with van der Waals surface area (Å²) in [6, 6.07) is 4.12. The van der Waals surface area contributed by atoms with Crippen molar-refractivity contribution in [1.29, 1.82) is 0 Å². The molecule has 3 N–H and O–H groups in total. The lowest BCUT2D eigenvalue weighted by Crippen LogP contribution is -2.34. The monoisotopic (exact) mass is 236 g/mol. The smallest absolute Gasteiger partial charge is 0.248 e. The minimum Gasteiger partial charge on any atom is -0.396 e. The minimum absolute atomic E-state index is 0.0205. The van der Waals surface area contributed by atoms with Gasteiger partial charge < -0.3 is 15.4 Å². The van der Waals surface area contributed by atoms with Crippen molar-refractivity contribution in [2.75, 3.05) is 6.61 Å². The number of aliphatic hydroxyl groups is 1. The Morgan fingerprint density at radius 3 is 3.18 bits per heavy atom. The molecule has 0 saturated carbocycles. The standard InChI is InChI=1S/C13H20N2O2/c1-9(7-8-16)14-11-3-2-4-12-10(11)5-6-13(17)15-12/h5-6,9,11,14,16H,2-4,7-8H2,1H3,(H,15,17). The molecule has 0 aliphatic heterocycles. The molecule has 0 spiro atoms. The van der Waals surface area contributed by atoms with Crippen LogP contribution in [0.15, 0.2) is 16.9 Å². The van der Waals surface area contributed by atoms with Gasteiger partial charge in [0.25, 0.3) is 0 Å². The Morgan fingerprint density at radius 1 is 1.59 bits per heavy atom. The molecule has 1 aliphatic carbocycles. The molecule has 0 aromatic carbocycles. The molecule has 4 nitrogen and oxygen atoms in total. The Hall–Kier alpha value is -1.13. The number of rotatable bonds is 4. The van der Waals surface area contributed by atoms with Gasteiger partial charge in [0.2, 0.25) is 5.56 Å². The molecule has 2 atom stereocenters. The van der Waals surface area contributed by atoms with Gasteiger partial charge in [-0.1, -0.05) is 6.07 Å².